The second-order valence-electron chi connectivity index (χ2n) is 7.18. The van der Waals surface area contributed by atoms with Crippen molar-refractivity contribution in [3.8, 4) is 0 Å². The van der Waals surface area contributed by atoms with Gasteiger partial charge in [0.1, 0.15) is 0 Å². The molecule has 1 aromatic rings. The van der Waals surface area contributed by atoms with Crippen LogP contribution in [0.25, 0.3) is 5.70 Å². The Morgan fingerprint density at radius 1 is 1.33 bits per heavy atom. The first-order valence-corrected chi connectivity index (χ1v) is 9.45. The van der Waals surface area contributed by atoms with Crippen LogP contribution in [0.3, 0.4) is 0 Å². The van der Waals surface area contributed by atoms with E-state index in [9.17, 15) is 4.79 Å². The predicted octanol–water partition coefficient (Wildman–Crippen LogP) is 2.16. The summed E-state index contributed by atoms with van der Waals surface area (Å²) in [6.07, 6.45) is 11.3. The number of rotatable bonds is 2. The highest BCUT2D eigenvalue weighted by atomic mass is 16.5. The SMILES string of the molecule is Cc1ccc(C2=CC=CN3CC[C@@H](C3)N(C(=O)NC3CCOC3)C=N2)cn1. The zero-order valence-electron chi connectivity index (χ0n) is 15.5. The smallest absolute Gasteiger partial charge is 0.323 e. The second-order valence-corrected chi connectivity index (χ2v) is 7.18. The lowest BCUT2D eigenvalue weighted by atomic mass is 10.2. The molecule has 1 aromatic heterocycles. The van der Waals surface area contributed by atoms with Crippen molar-refractivity contribution in [1.82, 2.24) is 20.1 Å². The molecule has 0 saturated carbocycles. The van der Waals surface area contributed by atoms with Gasteiger partial charge in [-0.25, -0.2) is 9.79 Å². The zero-order chi connectivity index (χ0) is 18.6. The Balaban J connectivity index is 1.59. The zero-order valence-corrected chi connectivity index (χ0v) is 15.5. The summed E-state index contributed by atoms with van der Waals surface area (Å²) >= 11 is 0. The van der Waals surface area contributed by atoms with E-state index in [0.717, 1.165) is 42.9 Å². The van der Waals surface area contributed by atoms with E-state index in [-0.39, 0.29) is 18.1 Å². The maximum atomic E-state index is 12.9. The molecule has 2 saturated heterocycles. The van der Waals surface area contributed by atoms with Crippen LogP contribution in [0.2, 0.25) is 0 Å². The molecule has 2 amide bonds. The maximum Gasteiger partial charge on any atom is 0.323 e. The Hall–Kier alpha value is -2.67. The Morgan fingerprint density at radius 3 is 3.04 bits per heavy atom. The molecule has 142 valence electrons. The van der Waals surface area contributed by atoms with Crippen LogP contribution in [0.15, 0.2) is 41.7 Å². The normalized spacial score (nSPS) is 24.9. The van der Waals surface area contributed by atoms with Gasteiger partial charge in [0, 0.05) is 37.2 Å². The van der Waals surface area contributed by atoms with Gasteiger partial charge < -0.3 is 15.0 Å². The van der Waals surface area contributed by atoms with Gasteiger partial charge in [-0.3, -0.25) is 9.88 Å². The number of urea groups is 1. The molecule has 7 nitrogen and oxygen atoms in total. The van der Waals surface area contributed by atoms with Crippen LogP contribution in [0, 0.1) is 6.92 Å². The number of ether oxygens (including phenoxy) is 1. The van der Waals surface area contributed by atoms with Crippen LogP contribution < -0.4 is 5.32 Å². The molecule has 2 atom stereocenters. The fourth-order valence-electron chi connectivity index (χ4n) is 3.55. The molecule has 4 rings (SSSR count). The summed E-state index contributed by atoms with van der Waals surface area (Å²) in [6, 6.07) is 4.05. The molecule has 2 fully saturated rings. The van der Waals surface area contributed by atoms with Gasteiger partial charge in [0.15, 0.2) is 0 Å². The lowest BCUT2D eigenvalue weighted by molar-refractivity contribution is 0.183. The third-order valence-corrected chi connectivity index (χ3v) is 5.16. The van der Waals surface area contributed by atoms with Crippen molar-refractivity contribution < 1.29 is 9.53 Å². The third kappa shape index (κ3) is 4.19. The molecule has 1 N–H and O–H groups in total. The molecule has 0 spiro atoms. The summed E-state index contributed by atoms with van der Waals surface area (Å²) in [5.74, 6) is 0. The number of fused-ring (bicyclic) bond motifs is 2. The monoisotopic (exact) mass is 367 g/mol. The maximum absolute atomic E-state index is 12.9. The van der Waals surface area contributed by atoms with Crippen molar-refractivity contribution in [2.24, 2.45) is 4.99 Å². The molecular weight excluding hydrogens is 342 g/mol. The molecule has 1 unspecified atom stereocenters. The average molecular weight is 367 g/mol. The number of pyridine rings is 1. The second kappa shape index (κ2) is 7.92. The molecule has 3 aliphatic heterocycles. The molecule has 0 radical (unpaired) electrons. The lowest BCUT2D eigenvalue weighted by Crippen LogP contribution is -2.49. The van der Waals surface area contributed by atoms with Crippen LogP contribution >= 0.6 is 0 Å². The number of nitrogens with zero attached hydrogens (tertiary/aromatic N) is 4. The number of carbonyl (C=O) groups is 1. The average Bonchev–Trinajstić information content (AvgIpc) is 3.33. The highest BCUT2D eigenvalue weighted by molar-refractivity contribution is 5.89. The van der Waals surface area contributed by atoms with E-state index >= 15 is 0 Å². The lowest BCUT2D eigenvalue weighted by Gasteiger charge is -2.27. The summed E-state index contributed by atoms with van der Waals surface area (Å²) < 4.78 is 5.37. The van der Waals surface area contributed by atoms with Crippen molar-refractivity contribution in [2.75, 3.05) is 26.3 Å². The van der Waals surface area contributed by atoms with Gasteiger partial charge in [0.2, 0.25) is 0 Å². The Morgan fingerprint density at radius 2 is 2.26 bits per heavy atom. The summed E-state index contributed by atoms with van der Waals surface area (Å²) in [5, 5.41) is 3.08. The van der Waals surface area contributed by atoms with E-state index in [4.69, 9.17) is 4.74 Å². The quantitative estimate of drug-likeness (QED) is 0.870. The number of aryl methyl sites for hydroxylation is 1. The first-order valence-electron chi connectivity index (χ1n) is 9.45. The van der Waals surface area contributed by atoms with Crippen LogP contribution in [0.1, 0.15) is 24.1 Å². The minimum absolute atomic E-state index is 0.0787. The number of carbonyl (C=O) groups excluding carboxylic acids is 1. The van der Waals surface area contributed by atoms with Gasteiger partial charge in [-0.2, -0.15) is 0 Å². The van der Waals surface area contributed by atoms with Gasteiger partial charge >= 0.3 is 6.03 Å². The van der Waals surface area contributed by atoms with E-state index in [1.807, 2.05) is 37.4 Å². The summed E-state index contributed by atoms with van der Waals surface area (Å²) in [5.41, 5.74) is 2.67. The van der Waals surface area contributed by atoms with Gasteiger partial charge in [-0.1, -0.05) is 0 Å². The molecule has 4 heterocycles. The van der Waals surface area contributed by atoms with Crippen molar-refractivity contribution >= 4 is 18.1 Å². The molecule has 0 aromatic carbocycles. The number of allylic oxidation sites excluding steroid dienone is 2. The van der Waals surface area contributed by atoms with Crippen LogP contribution in [0.5, 0.6) is 0 Å². The fraction of sp³-hybridized carbons (Fsp3) is 0.450. The fourth-order valence-corrected chi connectivity index (χ4v) is 3.55. The predicted molar refractivity (Wildman–Crippen MR) is 104 cm³/mol. The summed E-state index contributed by atoms with van der Waals surface area (Å²) in [6.45, 7) is 4.98. The summed E-state index contributed by atoms with van der Waals surface area (Å²) in [7, 11) is 0. The van der Waals surface area contributed by atoms with Gasteiger partial charge in [0.25, 0.3) is 0 Å². The van der Waals surface area contributed by atoms with E-state index in [2.05, 4.69) is 26.4 Å². The van der Waals surface area contributed by atoms with Gasteiger partial charge in [-0.05, 0) is 50.3 Å². The molecule has 2 bridgehead atoms. The number of aromatic nitrogens is 1. The van der Waals surface area contributed by atoms with Crippen LogP contribution in [-0.4, -0.2) is 65.5 Å². The Labute approximate surface area is 159 Å². The van der Waals surface area contributed by atoms with E-state index in [1.165, 1.54) is 0 Å². The van der Waals surface area contributed by atoms with Crippen molar-refractivity contribution in [1.29, 1.82) is 0 Å². The van der Waals surface area contributed by atoms with E-state index in [0.29, 0.717) is 13.2 Å². The Kier molecular flexibility index (Phi) is 5.20. The minimum atomic E-state index is -0.105. The van der Waals surface area contributed by atoms with Crippen molar-refractivity contribution in [2.45, 2.75) is 31.8 Å². The minimum Gasteiger partial charge on any atom is -0.379 e. The molecular formula is C20H25N5O2. The standard InChI is InChI=1S/C20H25N5O2/c1-15-4-5-16(11-21-15)19-3-2-8-24-9-6-18(12-24)25(14-22-19)20(26)23-17-7-10-27-13-17/h2-5,8,11,14,17-18H,6-7,9-10,12-13H2,1H3,(H,23,26)/t17?,18-/m0/s1. The first kappa shape index (κ1) is 17.7. The highest BCUT2D eigenvalue weighted by Crippen LogP contribution is 2.20. The number of hydrogen-bond donors (Lipinski definition) is 1. The van der Waals surface area contributed by atoms with Crippen LogP contribution in [0.4, 0.5) is 4.79 Å². The van der Waals surface area contributed by atoms with Gasteiger partial charge in [0.05, 0.1) is 30.7 Å². The van der Waals surface area contributed by atoms with Crippen molar-refractivity contribution in [3.63, 3.8) is 0 Å². The molecule has 3 aliphatic rings. The number of nitrogens with one attached hydrogen (secondary N) is 1. The van der Waals surface area contributed by atoms with Crippen LogP contribution in [-0.2, 0) is 4.74 Å². The number of hydrogen-bond acceptors (Lipinski definition) is 5. The van der Waals surface area contributed by atoms with E-state index < -0.39 is 0 Å². The van der Waals surface area contributed by atoms with E-state index in [1.54, 1.807) is 11.2 Å². The number of aliphatic imine (C=N–C) groups is 1. The summed E-state index contributed by atoms with van der Waals surface area (Å²) in [4.78, 5) is 25.9. The molecule has 7 heteroatoms. The molecule has 27 heavy (non-hydrogen) atoms. The molecule has 0 aliphatic carbocycles. The van der Waals surface area contributed by atoms with Gasteiger partial charge in [-0.15, -0.1) is 0 Å². The highest BCUT2D eigenvalue weighted by Gasteiger charge is 2.30. The number of amides is 2. The van der Waals surface area contributed by atoms with Crippen molar-refractivity contribution in [3.05, 3.63) is 47.9 Å². The topological polar surface area (TPSA) is 70.1 Å². The third-order valence-electron chi connectivity index (χ3n) is 5.16. The Bertz CT molecular complexity index is 765. The largest absolute Gasteiger partial charge is 0.379 e. The first-order chi connectivity index (χ1) is 13.2.